The Hall–Kier alpha value is -1.47. The van der Waals surface area contributed by atoms with Crippen molar-refractivity contribution in [2.75, 3.05) is 0 Å². The lowest BCUT2D eigenvalue weighted by Crippen LogP contribution is -2.51. The van der Waals surface area contributed by atoms with Crippen molar-refractivity contribution in [3.05, 3.63) is 29.8 Å². The summed E-state index contributed by atoms with van der Waals surface area (Å²) in [4.78, 5) is 12.0. The molecular formula is C14H18ClF3N2O2. The molecule has 0 bridgehead atoms. The van der Waals surface area contributed by atoms with E-state index in [1.807, 2.05) is 0 Å². The molecule has 1 aliphatic rings. The molecule has 2 rings (SSSR count). The summed E-state index contributed by atoms with van der Waals surface area (Å²) in [5.74, 6) is -0.649. The molecule has 1 fully saturated rings. The summed E-state index contributed by atoms with van der Waals surface area (Å²) in [6, 6.07) is 5.70. The number of halogens is 4. The van der Waals surface area contributed by atoms with E-state index in [4.69, 9.17) is 5.73 Å². The number of ether oxygens (including phenoxy) is 1. The molecule has 0 saturated heterocycles. The lowest BCUT2D eigenvalue weighted by molar-refractivity contribution is -0.274. The van der Waals surface area contributed by atoms with Crippen molar-refractivity contribution in [2.24, 2.45) is 5.73 Å². The summed E-state index contributed by atoms with van der Waals surface area (Å²) in [5, 5.41) is 2.60. The fraction of sp³-hybridized carbons (Fsp3) is 0.500. The van der Waals surface area contributed by atoms with E-state index in [0.717, 1.165) is 12.8 Å². The number of benzene rings is 1. The van der Waals surface area contributed by atoms with Gasteiger partial charge in [0.05, 0.1) is 5.54 Å². The molecule has 0 atom stereocenters. The molecule has 124 valence electrons. The van der Waals surface area contributed by atoms with E-state index in [0.29, 0.717) is 12.8 Å². The Morgan fingerprint density at radius 1 is 1.27 bits per heavy atom. The highest BCUT2D eigenvalue weighted by molar-refractivity contribution is 5.86. The second-order valence-corrected chi connectivity index (χ2v) is 5.20. The number of alkyl halides is 3. The fourth-order valence-electron chi connectivity index (χ4n) is 2.46. The van der Waals surface area contributed by atoms with Crippen molar-refractivity contribution in [3.63, 3.8) is 0 Å². The quantitative estimate of drug-likeness (QED) is 0.887. The average Bonchev–Trinajstić information content (AvgIpc) is 2.84. The first-order valence-electron chi connectivity index (χ1n) is 6.71. The third-order valence-corrected chi connectivity index (χ3v) is 3.59. The number of hydrogen-bond acceptors (Lipinski definition) is 3. The molecule has 0 aromatic heterocycles. The summed E-state index contributed by atoms with van der Waals surface area (Å²) in [7, 11) is 0. The van der Waals surface area contributed by atoms with E-state index < -0.39 is 11.9 Å². The molecule has 0 unspecified atom stereocenters. The zero-order valence-electron chi connectivity index (χ0n) is 11.8. The normalized spacial score (nSPS) is 16.7. The van der Waals surface area contributed by atoms with Crippen LogP contribution < -0.4 is 15.8 Å². The topological polar surface area (TPSA) is 64.4 Å². The van der Waals surface area contributed by atoms with Gasteiger partial charge in [0, 0.05) is 12.1 Å². The first-order chi connectivity index (χ1) is 9.80. The molecule has 1 saturated carbocycles. The Bertz CT molecular complexity index is 517. The maximum Gasteiger partial charge on any atom is 0.573 e. The summed E-state index contributed by atoms with van der Waals surface area (Å²) < 4.78 is 40.8. The van der Waals surface area contributed by atoms with Crippen LogP contribution in [-0.2, 0) is 11.3 Å². The molecule has 0 spiro atoms. The minimum Gasteiger partial charge on any atom is -0.405 e. The first-order valence-corrected chi connectivity index (χ1v) is 6.71. The van der Waals surface area contributed by atoms with E-state index in [1.165, 1.54) is 18.2 Å². The molecule has 1 aliphatic carbocycles. The fourth-order valence-corrected chi connectivity index (χ4v) is 2.46. The SMILES string of the molecule is Cl.NC1(C(=O)NCc2ccccc2OC(F)(F)F)CCCC1. The molecule has 3 N–H and O–H groups in total. The van der Waals surface area contributed by atoms with Gasteiger partial charge in [0.1, 0.15) is 5.75 Å². The second kappa shape index (κ2) is 7.19. The predicted molar refractivity (Wildman–Crippen MR) is 77.6 cm³/mol. The Morgan fingerprint density at radius 3 is 2.45 bits per heavy atom. The van der Waals surface area contributed by atoms with Gasteiger partial charge in [0.2, 0.25) is 5.91 Å². The number of hydrogen-bond donors (Lipinski definition) is 2. The van der Waals surface area contributed by atoms with Crippen LogP contribution >= 0.6 is 12.4 Å². The van der Waals surface area contributed by atoms with Gasteiger partial charge < -0.3 is 15.8 Å². The number of para-hydroxylation sites is 1. The third kappa shape index (κ3) is 4.78. The number of nitrogens with one attached hydrogen (secondary N) is 1. The largest absolute Gasteiger partial charge is 0.573 e. The van der Waals surface area contributed by atoms with Crippen LogP contribution in [0.25, 0.3) is 0 Å². The van der Waals surface area contributed by atoms with E-state index >= 15 is 0 Å². The number of amides is 1. The molecule has 8 heteroatoms. The standard InChI is InChI=1S/C14H17F3N2O2.ClH/c15-14(16,17)21-11-6-2-1-5-10(11)9-19-12(20)13(18)7-3-4-8-13;/h1-2,5-6H,3-4,7-9,18H2,(H,19,20);1H. The van der Waals surface area contributed by atoms with Crippen LogP contribution in [0.3, 0.4) is 0 Å². The molecular weight excluding hydrogens is 321 g/mol. The molecule has 4 nitrogen and oxygen atoms in total. The van der Waals surface area contributed by atoms with Gasteiger partial charge in [-0.15, -0.1) is 25.6 Å². The maximum absolute atomic E-state index is 12.3. The molecule has 1 aromatic carbocycles. The average molecular weight is 339 g/mol. The summed E-state index contributed by atoms with van der Waals surface area (Å²) in [6.07, 6.45) is -1.80. The van der Waals surface area contributed by atoms with Crippen LogP contribution in [0.4, 0.5) is 13.2 Å². The summed E-state index contributed by atoms with van der Waals surface area (Å²) in [5.41, 5.74) is 5.33. The monoisotopic (exact) mass is 338 g/mol. The highest BCUT2D eigenvalue weighted by Crippen LogP contribution is 2.28. The van der Waals surface area contributed by atoms with Crippen LogP contribution in [-0.4, -0.2) is 17.8 Å². The second-order valence-electron chi connectivity index (χ2n) is 5.20. The molecule has 0 aliphatic heterocycles. The summed E-state index contributed by atoms with van der Waals surface area (Å²) >= 11 is 0. The van der Waals surface area contributed by atoms with E-state index in [-0.39, 0.29) is 36.2 Å². The predicted octanol–water partition coefficient (Wildman–Crippen LogP) is 2.89. The molecule has 0 heterocycles. The zero-order valence-corrected chi connectivity index (χ0v) is 12.6. The van der Waals surface area contributed by atoms with Crippen molar-refractivity contribution in [2.45, 2.75) is 44.1 Å². The van der Waals surface area contributed by atoms with Gasteiger partial charge in [-0.2, -0.15) is 0 Å². The minimum absolute atomic E-state index is 0. The highest BCUT2D eigenvalue weighted by Gasteiger charge is 2.37. The zero-order chi connectivity index (χ0) is 15.5. The van der Waals surface area contributed by atoms with Crippen LogP contribution in [0.5, 0.6) is 5.75 Å². The Kier molecular flexibility index (Phi) is 6.08. The van der Waals surface area contributed by atoms with Crippen LogP contribution in [0.2, 0.25) is 0 Å². The number of carbonyl (C=O) groups excluding carboxylic acids is 1. The van der Waals surface area contributed by atoms with Gasteiger partial charge in [-0.25, -0.2) is 0 Å². The van der Waals surface area contributed by atoms with Gasteiger partial charge >= 0.3 is 6.36 Å². The van der Waals surface area contributed by atoms with Gasteiger partial charge in [0.25, 0.3) is 0 Å². The molecule has 0 radical (unpaired) electrons. The Labute approximate surface area is 132 Å². The number of rotatable bonds is 4. The van der Waals surface area contributed by atoms with Gasteiger partial charge in [-0.1, -0.05) is 31.0 Å². The van der Waals surface area contributed by atoms with Crippen LogP contribution in [0.1, 0.15) is 31.2 Å². The Balaban J connectivity index is 0.00000242. The minimum atomic E-state index is -4.76. The van der Waals surface area contributed by atoms with Crippen molar-refractivity contribution in [1.29, 1.82) is 0 Å². The lowest BCUT2D eigenvalue weighted by Gasteiger charge is -2.22. The number of nitrogens with two attached hydrogens (primary N) is 1. The smallest absolute Gasteiger partial charge is 0.405 e. The van der Waals surface area contributed by atoms with Crippen molar-refractivity contribution >= 4 is 18.3 Å². The molecule has 22 heavy (non-hydrogen) atoms. The third-order valence-electron chi connectivity index (χ3n) is 3.59. The van der Waals surface area contributed by atoms with E-state index in [9.17, 15) is 18.0 Å². The highest BCUT2D eigenvalue weighted by atomic mass is 35.5. The Morgan fingerprint density at radius 2 is 1.86 bits per heavy atom. The van der Waals surface area contributed by atoms with Gasteiger partial charge in [-0.3, -0.25) is 4.79 Å². The summed E-state index contributed by atoms with van der Waals surface area (Å²) in [6.45, 7) is -0.0516. The first kappa shape index (κ1) is 18.6. The van der Waals surface area contributed by atoms with Crippen LogP contribution in [0, 0.1) is 0 Å². The van der Waals surface area contributed by atoms with Crippen molar-refractivity contribution in [1.82, 2.24) is 5.32 Å². The van der Waals surface area contributed by atoms with Crippen molar-refractivity contribution < 1.29 is 22.7 Å². The van der Waals surface area contributed by atoms with Crippen LogP contribution in [0.15, 0.2) is 24.3 Å². The molecule has 1 aromatic rings. The maximum atomic E-state index is 12.3. The van der Waals surface area contributed by atoms with Gasteiger partial charge in [-0.05, 0) is 18.9 Å². The molecule has 1 amide bonds. The number of carbonyl (C=O) groups is 1. The lowest BCUT2D eigenvalue weighted by atomic mass is 9.98. The van der Waals surface area contributed by atoms with Crippen molar-refractivity contribution in [3.8, 4) is 5.75 Å². The van der Waals surface area contributed by atoms with Gasteiger partial charge in [0.15, 0.2) is 0 Å². The van der Waals surface area contributed by atoms with E-state index in [1.54, 1.807) is 6.07 Å². The van der Waals surface area contributed by atoms with E-state index in [2.05, 4.69) is 10.1 Å².